The first kappa shape index (κ1) is 14.6. The van der Waals surface area contributed by atoms with E-state index >= 15 is 0 Å². The van der Waals surface area contributed by atoms with Crippen molar-refractivity contribution in [1.82, 2.24) is 5.32 Å². The zero-order valence-corrected chi connectivity index (χ0v) is 11.1. The highest BCUT2D eigenvalue weighted by molar-refractivity contribution is 7.97. The Morgan fingerprint density at radius 2 is 2.17 bits per heavy atom. The van der Waals surface area contributed by atoms with Crippen LogP contribution in [-0.2, 0) is 10.5 Å². The summed E-state index contributed by atoms with van der Waals surface area (Å²) in [6, 6.07) is 7.47. The van der Waals surface area contributed by atoms with E-state index in [-0.39, 0.29) is 12.3 Å². The highest BCUT2D eigenvalue weighted by Gasteiger charge is 2.05. The number of benzene rings is 1. The molecule has 0 radical (unpaired) electrons. The topological polar surface area (TPSA) is 66.4 Å². The highest BCUT2D eigenvalue weighted by Crippen LogP contribution is 2.11. The van der Waals surface area contributed by atoms with Crippen molar-refractivity contribution in [3.8, 4) is 0 Å². The van der Waals surface area contributed by atoms with E-state index in [2.05, 4.69) is 5.32 Å². The maximum Gasteiger partial charge on any atom is 0.303 e. The maximum absolute atomic E-state index is 11.8. The van der Waals surface area contributed by atoms with Gasteiger partial charge >= 0.3 is 5.97 Å². The Bertz CT molecular complexity index is 420. The van der Waals surface area contributed by atoms with Crippen LogP contribution >= 0.6 is 11.8 Å². The van der Waals surface area contributed by atoms with Gasteiger partial charge in [0, 0.05) is 24.3 Å². The van der Waals surface area contributed by atoms with E-state index in [9.17, 15) is 9.59 Å². The molecule has 0 aliphatic carbocycles. The molecule has 1 rings (SSSR count). The van der Waals surface area contributed by atoms with Crippen LogP contribution in [0, 0.1) is 0 Å². The number of nitrogens with one attached hydrogen (secondary N) is 1. The third kappa shape index (κ3) is 5.23. The van der Waals surface area contributed by atoms with Crippen LogP contribution in [0.15, 0.2) is 24.3 Å². The molecule has 0 aliphatic rings. The Labute approximate surface area is 111 Å². The van der Waals surface area contributed by atoms with Gasteiger partial charge in [-0.25, -0.2) is 0 Å². The van der Waals surface area contributed by atoms with E-state index in [0.29, 0.717) is 18.5 Å². The van der Waals surface area contributed by atoms with Gasteiger partial charge in [0.2, 0.25) is 0 Å². The van der Waals surface area contributed by atoms with Gasteiger partial charge in [0.05, 0.1) is 0 Å². The quantitative estimate of drug-likeness (QED) is 0.743. The maximum atomic E-state index is 11.8. The van der Waals surface area contributed by atoms with Gasteiger partial charge in [-0.1, -0.05) is 12.1 Å². The van der Waals surface area contributed by atoms with Crippen molar-refractivity contribution in [3.05, 3.63) is 35.4 Å². The average molecular weight is 267 g/mol. The monoisotopic (exact) mass is 267 g/mol. The summed E-state index contributed by atoms with van der Waals surface area (Å²) >= 11 is 1.70. The number of thioether (sulfide) groups is 1. The summed E-state index contributed by atoms with van der Waals surface area (Å²) in [5, 5.41) is 11.2. The second kappa shape index (κ2) is 7.76. The number of amides is 1. The lowest BCUT2D eigenvalue weighted by Crippen LogP contribution is -2.24. The summed E-state index contributed by atoms with van der Waals surface area (Å²) in [6.45, 7) is 0.387. The number of rotatable bonds is 7. The number of carbonyl (C=O) groups excluding carboxylic acids is 1. The Kier molecular flexibility index (Phi) is 6.28. The summed E-state index contributed by atoms with van der Waals surface area (Å²) in [4.78, 5) is 22.1. The number of aliphatic carboxylic acids is 1. The predicted molar refractivity (Wildman–Crippen MR) is 72.9 cm³/mol. The van der Waals surface area contributed by atoms with Crippen LogP contribution in [0.5, 0.6) is 0 Å². The number of carboxylic acid groups (broad SMARTS) is 1. The third-order valence-electron chi connectivity index (χ3n) is 2.35. The lowest BCUT2D eigenvalue weighted by molar-refractivity contribution is -0.137. The van der Waals surface area contributed by atoms with Gasteiger partial charge in [-0.2, -0.15) is 11.8 Å². The van der Waals surface area contributed by atoms with Crippen LogP contribution in [0.3, 0.4) is 0 Å². The van der Waals surface area contributed by atoms with Crippen LogP contribution in [0.4, 0.5) is 0 Å². The molecule has 1 aromatic carbocycles. The van der Waals surface area contributed by atoms with Crippen LogP contribution < -0.4 is 5.32 Å². The molecule has 18 heavy (non-hydrogen) atoms. The predicted octanol–water partition coefficient (Wildman–Crippen LogP) is 2.14. The van der Waals surface area contributed by atoms with Crippen molar-refractivity contribution in [2.75, 3.05) is 12.8 Å². The molecule has 0 saturated heterocycles. The van der Waals surface area contributed by atoms with E-state index in [1.165, 1.54) is 0 Å². The molecular formula is C13H17NO3S. The zero-order valence-electron chi connectivity index (χ0n) is 10.3. The van der Waals surface area contributed by atoms with Crippen LogP contribution in [0.25, 0.3) is 0 Å². The molecule has 2 N–H and O–H groups in total. The Morgan fingerprint density at radius 1 is 1.39 bits per heavy atom. The highest BCUT2D eigenvalue weighted by atomic mass is 32.2. The second-order valence-corrected chi connectivity index (χ2v) is 4.75. The molecule has 98 valence electrons. The first-order chi connectivity index (χ1) is 8.63. The number of carboxylic acids is 1. The summed E-state index contributed by atoms with van der Waals surface area (Å²) in [6.07, 6.45) is 2.54. The molecule has 0 atom stereocenters. The van der Waals surface area contributed by atoms with Crippen molar-refractivity contribution in [3.63, 3.8) is 0 Å². The molecule has 1 amide bonds. The summed E-state index contributed by atoms with van der Waals surface area (Å²) in [5.74, 6) is -0.116. The molecule has 5 heteroatoms. The number of hydrogen-bond acceptors (Lipinski definition) is 3. The Hall–Kier alpha value is -1.49. The van der Waals surface area contributed by atoms with Crippen LogP contribution in [0.1, 0.15) is 28.8 Å². The molecule has 0 aromatic heterocycles. The van der Waals surface area contributed by atoms with E-state index in [0.717, 1.165) is 11.3 Å². The average Bonchev–Trinajstić information content (AvgIpc) is 2.35. The molecule has 0 unspecified atom stereocenters. The van der Waals surface area contributed by atoms with E-state index < -0.39 is 5.97 Å². The van der Waals surface area contributed by atoms with Crippen molar-refractivity contribution in [2.24, 2.45) is 0 Å². The molecule has 0 aliphatic heterocycles. The summed E-state index contributed by atoms with van der Waals surface area (Å²) < 4.78 is 0. The molecule has 0 bridgehead atoms. The molecule has 0 fully saturated rings. The molecule has 0 saturated carbocycles. The van der Waals surface area contributed by atoms with E-state index in [4.69, 9.17) is 5.11 Å². The van der Waals surface area contributed by atoms with Crippen molar-refractivity contribution in [2.45, 2.75) is 18.6 Å². The van der Waals surface area contributed by atoms with Crippen molar-refractivity contribution in [1.29, 1.82) is 0 Å². The smallest absolute Gasteiger partial charge is 0.303 e. The van der Waals surface area contributed by atoms with Gasteiger partial charge < -0.3 is 10.4 Å². The minimum Gasteiger partial charge on any atom is -0.481 e. The minimum absolute atomic E-state index is 0.0762. The lowest BCUT2D eigenvalue weighted by Gasteiger charge is -2.06. The molecule has 4 nitrogen and oxygen atoms in total. The van der Waals surface area contributed by atoms with Gasteiger partial charge in [-0.15, -0.1) is 0 Å². The van der Waals surface area contributed by atoms with Crippen molar-refractivity contribution < 1.29 is 14.7 Å². The first-order valence-corrected chi connectivity index (χ1v) is 7.10. The fraction of sp³-hybridized carbons (Fsp3) is 0.385. The molecule has 0 spiro atoms. The van der Waals surface area contributed by atoms with Gasteiger partial charge in [0.25, 0.3) is 5.91 Å². The van der Waals surface area contributed by atoms with Crippen LogP contribution in [-0.4, -0.2) is 29.8 Å². The summed E-state index contributed by atoms with van der Waals surface area (Å²) in [5.41, 5.74) is 1.73. The molecular weight excluding hydrogens is 250 g/mol. The largest absolute Gasteiger partial charge is 0.481 e. The number of carbonyl (C=O) groups is 2. The van der Waals surface area contributed by atoms with Crippen molar-refractivity contribution >= 4 is 23.6 Å². The zero-order chi connectivity index (χ0) is 13.4. The summed E-state index contributed by atoms with van der Waals surface area (Å²) in [7, 11) is 0. The third-order valence-corrected chi connectivity index (χ3v) is 2.98. The Morgan fingerprint density at radius 3 is 2.83 bits per heavy atom. The first-order valence-electron chi connectivity index (χ1n) is 5.71. The minimum atomic E-state index is -0.841. The molecule has 1 aromatic rings. The van der Waals surface area contributed by atoms with E-state index in [1.54, 1.807) is 17.8 Å². The van der Waals surface area contributed by atoms with Gasteiger partial charge in [0.15, 0.2) is 0 Å². The van der Waals surface area contributed by atoms with Gasteiger partial charge in [-0.05, 0) is 30.4 Å². The van der Waals surface area contributed by atoms with Gasteiger partial charge in [-0.3, -0.25) is 9.59 Å². The fourth-order valence-electron chi connectivity index (χ4n) is 1.51. The lowest BCUT2D eigenvalue weighted by atomic mass is 10.1. The van der Waals surface area contributed by atoms with Crippen LogP contribution in [0.2, 0.25) is 0 Å². The fourth-order valence-corrected chi connectivity index (χ4v) is 2.03. The van der Waals surface area contributed by atoms with E-state index in [1.807, 2.05) is 24.5 Å². The normalized spacial score (nSPS) is 10.1. The van der Waals surface area contributed by atoms with Gasteiger partial charge in [0.1, 0.15) is 0 Å². The Balaban J connectivity index is 2.45. The number of hydrogen-bond donors (Lipinski definition) is 2. The second-order valence-electron chi connectivity index (χ2n) is 3.89. The standard InChI is InChI=1S/C13H17NO3S/c1-18-9-10-4-2-5-11(8-10)13(17)14-7-3-6-12(15)16/h2,4-5,8H,3,6-7,9H2,1H3,(H,14,17)(H,15,16). The molecule has 0 heterocycles. The SMILES string of the molecule is CSCc1cccc(C(=O)NCCCC(=O)O)c1.